The second-order valence-electron chi connectivity index (χ2n) is 6.04. The zero-order valence-corrected chi connectivity index (χ0v) is 14.8. The minimum absolute atomic E-state index is 0. The van der Waals surface area contributed by atoms with Gasteiger partial charge in [-0.05, 0) is 49.3 Å². The van der Waals surface area contributed by atoms with Crippen LogP contribution < -0.4 is 0 Å². The fourth-order valence-corrected chi connectivity index (χ4v) is 2.12. The summed E-state index contributed by atoms with van der Waals surface area (Å²) >= 11 is 0. The van der Waals surface area contributed by atoms with Crippen LogP contribution in [0.4, 0.5) is 0 Å². The van der Waals surface area contributed by atoms with Crippen LogP contribution in [0.3, 0.4) is 0 Å². The van der Waals surface area contributed by atoms with Crippen LogP contribution in [0.25, 0.3) is 5.57 Å². The standard InChI is InChI=1S/C11H16.C11H14.H2/c2*1-4-10(3)11-7-5-9(2)6-8-11;/h5-8,10H,4H2,1-3H3;5-8H,3-4H2,1-2H3;1H. The molecule has 0 aliphatic rings. The molecule has 0 saturated heterocycles. The summed E-state index contributed by atoms with van der Waals surface area (Å²) in [6.07, 6.45) is 2.26. The SMILES string of the molecule is C=C(CC)c1ccc(C)cc1.CCC(C)c1ccc(C)cc1.[HH]. The lowest BCUT2D eigenvalue weighted by atomic mass is 9.98. The van der Waals surface area contributed by atoms with Crippen LogP contribution in [-0.2, 0) is 0 Å². The Morgan fingerprint density at radius 2 is 1.36 bits per heavy atom. The van der Waals surface area contributed by atoms with Crippen molar-refractivity contribution in [3.8, 4) is 0 Å². The van der Waals surface area contributed by atoms with E-state index in [4.69, 9.17) is 0 Å². The molecule has 2 rings (SSSR count). The molecule has 1 unspecified atom stereocenters. The van der Waals surface area contributed by atoms with E-state index in [0.29, 0.717) is 5.92 Å². The average Bonchev–Trinajstić information content (AvgIpc) is 2.55. The molecule has 22 heavy (non-hydrogen) atoms. The molecule has 0 spiro atoms. The van der Waals surface area contributed by atoms with E-state index in [0.717, 1.165) is 6.42 Å². The molecule has 0 bridgehead atoms. The van der Waals surface area contributed by atoms with E-state index in [1.54, 1.807) is 0 Å². The van der Waals surface area contributed by atoms with Gasteiger partial charge in [-0.25, -0.2) is 0 Å². The predicted octanol–water partition coefficient (Wildman–Crippen LogP) is 7.17. The molecule has 0 aliphatic heterocycles. The van der Waals surface area contributed by atoms with Crippen LogP contribution in [0, 0.1) is 13.8 Å². The molecule has 0 fully saturated rings. The first-order chi connectivity index (χ1) is 10.5. The van der Waals surface area contributed by atoms with Gasteiger partial charge in [-0.1, -0.05) is 87.0 Å². The molecule has 120 valence electrons. The van der Waals surface area contributed by atoms with Crippen molar-refractivity contribution >= 4 is 5.57 Å². The van der Waals surface area contributed by atoms with Crippen molar-refractivity contribution in [2.24, 2.45) is 0 Å². The van der Waals surface area contributed by atoms with Crippen LogP contribution in [0.5, 0.6) is 0 Å². The van der Waals surface area contributed by atoms with Crippen molar-refractivity contribution in [2.45, 2.75) is 53.4 Å². The first-order valence-corrected chi connectivity index (χ1v) is 8.29. The van der Waals surface area contributed by atoms with Crippen molar-refractivity contribution in [1.29, 1.82) is 0 Å². The maximum atomic E-state index is 3.97. The fraction of sp³-hybridized carbons (Fsp3) is 0.364. The van der Waals surface area contributed by atoms with E-state index in [2.05, 4.69) is 89.7 Å². The van der Waals surface area contributed by atoms with E-state index in [9.17, 15) is 0 Å². The molecule has 0 heterocycles. The Hall–Kier alpha value is -1.82. The maximum absolute atomic E-state index is 3.97. The van der Waals surface area contributed by atoms with E-state index in [1.807, 2.05) is 0 Å². The normalized spacial score (nSPS) is 11.3. The largest absolute Gasteiger partial charge is 0.0952 e. The summed E-state index contributed by atoms with van der Waals surface area (Å²) in [5.74, 6) is 0.704. The maximum Gasteiger partial charge on any atom is 0 e. The van der Waals surface area contributed by atoms with Crippen LogP contribution in [-0.4, -0.2) is 0 Å². The molecule has 0 N–H and O–H groups in total. The molecule has 0 saturated carbocycles. The number of benzene rings is 2. The third-order valence-corrected chi connectivity index (χ3v) is 4.15. The van der Waals surface area contributed by atoms with Gasteiger partial charge < -0.3 is 0 Å². The molecule has 0 aliphatic carbocycles. The number of hydrogen-bond acceptors (Lipinski definition) is 0. The first kappa shape index (κ1) is 18.2. The summed E-state index contributed by atoms with van der Waals surface area (Å²) in [6.45, 7) is 14.8. The Morgan fingerprint density at radius 3 is 1.77 bits per heavy atom. The summed E-state index contributed by atoms with van der Waals surface area (Å²) in [4.78, 5) is 0. The van der Waals surface area contributed by atoms with Gasteiger partial charge >= 0.3 is 0 Å². The lowest BCUT2D eigenvalue weighted by Crippen LogP contribution is -1.89. The van der Waals surface area contributed by atoms with Gasteiger partial charge in [-0.3, -0.25) is 0 Å². The average molecular weight is 296 g/mol. The predicted molar refractivity (Wildman–Crippen MR) is 103 cm³/mol. The first-order valence-electron chi connectivity index (χ1n) is 8.29. The Kier molecular flexibility index (Phi) is 7.66. The van der Waals surface area contributed by atoms with Crippen LogP contribution >= 0.6 is 0 Å². The quantitative estimate of drug-likeness (QED) is 0.561. The smallest absolute Gasteiger partial charge is 0 e. The topological polar surface area (TPSA) is 0 Å². The van der Waals surface area contributed by atoms with Crippen molar-refractivity contribution in [3.63, 3.8) is 0 Å². The highest BCUT2D eigenvalue weighted by Crippen LogP contribution is 2.18. The summed E-state index contributed by atoms with van der Waals surface area (Å²) in [6, 6.07) is 17.3. The molecule has 2 aromatic carbocycles. The van der Waals surface area contributed by atoms with Gasteiger partial charge in [0, 0.05) is 1.43 Å². The summed E-state index contributed by atoms with van der Waals surface area (Å²) < 4.78 is 0. The van der Waals surface area contributed by atoms with Gasteiger partial charge in [0.1, 0.15) is 0 Å². The van der Waals surface area contributed by atoms with Gasteiger partial charge in [-0.15, -0.1) is 0 Å². The van der Waals surface area contributed by atoms with E-state index < -0.39 is 0 Å². The van der Waals surface area contributed by atoms with Crippen LogP contribution in [0.1, 0.15) is 63.2 Å². The summed E-state index contributed by atoms with van der Waals surface area (Å²) in [5, 5.41) is 0. The molecule has 1 atom stereocenters. The van der Waals surface area contributed by atoms with Crippen molar-refractivity contribution in [2.75, 3.05) is 0 Å². The molecule has 2 aromatic rings. The van der Waals surface area contributed by atoms with E-state index in [-0.39, 0.29) is 1.43 Å². The number of rotatable bonds is 4. The highest BCUT2D eigenvalue weighted by molar-refractivity contribution is 5.63. The third-order valence-electron chi connectivity index (χ3n) is 4.15. The Balaban J connectivity index is 0.000000403. The molecular formula is C22H32. The lowest BCUT2D eigenvalue weighted by molar-refractivity contribution is 0.733. The Labute approximate surface area is 138 Å². The minimum Gasteiger partial charge on any atom is -0.0952 e. The number of allylic oxidation sites excluding steroid dienone is 1. The minimum atomic E-state index is 0. The van der Waals surface area contributed by atoms with Crippen molar-refractivity contribution in [3.05, 3.63) is 77.4 Å². The zero-order chi connectivity index (χ0) is 16.5. The summed E-state index contributed by atoms with van der Waals surface area (Å²) in [7, 11) is 0. The Morgan fingerprint density at radius 1 is 0.909 bits per heavy atom. The second-order valence-corrected chi connectivity index (χ2v) is 6.04. The second kappa shape index (κ2) is 9.25. The lowest BCUT2D eigenvalue weighted by Gasteiger charge is -2.07. The van der Waals surface area contributed by atoms with Crippen molar-refractivity contribution < 1.29 is 1.43 Å². The molecule has 0 nitrogen and oxygen atoms in total. The number of aryl methyl sites for hydroxylation is 2. The Bertz CT molecular complexity index is 564. The molecule has 0 heteroatoms. The van der Waals surface area contributed by atoms with Gasteiger partial charge in [0.25, 0.3) is 0 Å². The van der Waals surface area contributed by atoms with Gasteiger partial charge in [-0.2, -0.15) is 0 Å². The van der Waals surface area contributed by atoms with Gasteiger partial charge in [0.2, 0.25) is 0 Å². The molecular weight excluding hydrogens is 264 g/mol. The third kappa shape index (κ3) is 5.89. The zero-order valence-electron chi connectivity index (χ0n) is 14.8. The molecule has 0 radical (unpaired) electrons. The summed E-state index contributed by atoms with van der Waals surface area (Å²) in [5.41, 5.74) is 6.58. The van der Waals surface area contributed by atoms with Crippen LogP contribution in [0.15, 0.2) is 55.1 Å². The van der Waals surface area contributed by atoms with Gasteiger partial charge in [0.15, 0.2) is 0 Å². The fourth-order valence-electron chi connectivity index (χ4n) is 2.12. The highest BCUT2D eigenvalue weighted by atomic mass is 14.1. The molecule has 0 aromatic heterocycles. The monoisotopic (exact) mass is 296 g/mol. The molecule has 0 amide bonds. The highest BCUT2D eigenvalue weighted by Gasteiger charge is 2.00. The van der Waals surface area contributed by atoms with E-state index in [1.165, 1.54) is 34.2 Å². The number of hydrogen-bond donors (Lipinski definition) is 0. The van der Waals surface area contributed by atoms with Crippen molar-refractivity contribution in [1.82, 2.24) is 0 Å². The van der Waals surface area contributed by atoms with Crippen LogP contribution in [0.2, 0.25) is 0 Å². The van der Waals surface area contributed by atoms with Gasteiger partial charge in [0.05, 0.1) is 0 Å². The van der Waals surface area contributed by atoms with E-state index >= 15 is 0 Å².